The van der Waals surface area contributed by atoms with E-state index in [1.807, 2.05) is 6.07 Å². The van der Waals surface area contributed by atoms with Crippen LogP contribution in [-0.2, 0) is 9.59 Å². The minimum absolute atomic E-state index is 0.00920. The van der Waals surface area contributed by atoms with Crippen molar-refractivity contribution in [3.8, 4) is 52.7 Å². The van der Waals surface area contributed by atoms with Crippen LogP contribution in [-0.4, -0.2) is 60.5 Å². The third kappa shape index (κ3) is 11.5. The lowest BCUT2D eigenvalue weighted by molar-refractivity contribution is -0.117. The molecule has 0 aliphatic rings. The highest BCUT2D eigenvalue weighted by Gasteiger charge is 2.11. The SMILES string of the molecule is N#C/C(=C\c1ccc(O)c(O)c1)C(=O)NCCCNC(=O)/C(C#N)=C/c1ccc(O)c(O)c1.N#C/C(=C\c1ccc(O)c(O)c1)C(N)=S. The largest absolute Gasteiger partial charge is 0.504 e. The highest BCUT2D eigenvalue weighted by molar-refractivity contribution is 7.80. The van der Waals surface area contributed by atoms with Crippen molar-refractivity contribution >= 4 is 47.2 Å². The molecule has 14 nitrogen and oxygen atoms in total. The van der Waals surface area contributed by atoms with Crippen molar-refractivity contribution in [2.24, 2.45) is 5.73 Å². The van der Waals surface area contributed by atoms with Crippen LogP contribution in [0.15, 0.2) is 71.3 Å². The van der Waals surface area contributed by atoms with Crippen LogP contribution in [0.4, 0.5) is 0 Å². The molecule has 0 saturated carbocycles. The summed E-state index contributed by atoms with van der Waals surface area (Å²) in [5, 5.41) is 88.0. The Hall–Kier alpha value is -7.02. The number of nitrogens with one attached hydrogen (secondary N) is 2. The normalized spacial score (nSPS) is 11.1. The van der Waals surface area contributed by atoms with Crippen LogP contribution in [0.1, 0.15) is 23.1 Å². The second-order valence-corrected chi connectivity index (χ2v) is 9.92. The molecule has 10 N–H and O–H groups in total. The first kappa shape index (κ1) is 37.2. The molecule has 0 bridgehead atoms. The van der Waals surface area contributed by atoms with Gasteiger partial charge in [-0.15, -0.1) is 0 Å². The predicted octanol–water partition coefficient (Wildman–Crippen LogP) is 2.94. The summed E-state index contributed by atoms with van der Waals surface area (Å²) in [5.74, 6) is -3.21. The van der Waals surface area contributed by atoms with Crippen molar-refractivity contribution in [3.05, 3.63) is 88.0 Å². The number of aromatic hydroxyl groups is 6. The van der Waals surface area contributed by atoms with Gasteiger partial charge in [-0.05, 0) is 77.7 Å². The van der Waals surface area contributed by atoms with E-state index in [0.29, 0.717) is 23.1 Å². The Morgan fingerprint density at radius 2 is 0.917 bits per heavy atom. The fraction of sp³-hybridized carbons (Fsp3) is 0.0909. The molecular formula is C33H28N6O8S. The lowest BCUT2D eigenvalue weighted by Crippen LogP contribution is -2.30. The Kier molecular flexibility index (Phi) is 14.0. The maximum absolute atomic E-state index is 12.1. The molecule has 0 heterocycles. The van der Waals surface area contributed by atoms with Gasteiger partial charge in [-0.25, -0.2) is 0 Å². The van der Waals surface area contributed by atoms with E-state index in [9.17, 15) is 45.6 Å². The molecule has 0 unspecified atom stereocenters. The van der Waals surface area contributed by atoms with Gasteiger partial charge in [0.1, 0.15) is 34.3 Å². The number of carbonyl (C=O) groups is 2. The molecule has 15 heteroatoms. The molecule has 0 atom stereocenters. The Labute approximate surface area is 279 Å². The van der Waals surface area contributed by atoms with Crippen molar-refractivity contribution in [3.63, 3.8) is 0 Å². The molecule has 0 aliphatic carbocycles. The number of nitrogens with two attached hydrogens (primary N) is 1. The van der Waals surface area contributed by atoms with Gasteiger partial charge in [-0.1, -0.05) is 30.4 Å². The van der Waals surface area contributed by atoms with Gasteiger partial charge >= 0.3 is 0 Å². The summed E-state index contributed by atoms with van der Waals surface area (Å²) in [6, 6.07) is 17.2. The maximum Gasteiger partial charge on any atom is 0.261 e. The first-order valence-electron chi connectivity index (χ1n) is 13.6. The summed E-state index contributed by atoms with van der Waals surface area (Å²) in [6.45, 7) is 0.271. The van der Waals surface area contributed by atoms with Crippen LogP contribution < -0.4 is 16.4 Å². The lowest BCUT2D eigenvalue weighted by atomic mass is 10.1. The monoisotopic (exact) mass is 668 g/mol. The van der Waals surface area contributed by atoms with E-state index < -0.39 is 11.8 Å². The molecule has 3 rings (SSSR count). The summed E-state index contributed by atoms with van der Waals surface area (Å²) < 4.78 is 0. The van der Waals surface area contributed by atoms with Crippen molar-refractivity contribution in [1.82, 2.24) is 10.6 Å². The van der Waals surface area contributed by atoms with Crippen molar-refractivity contribution < 1.29 is 40.2 Å². The lowest BCUT2D eigenvalue weighted by Gasteiger charge is -2.07. The highest BCUT2D eigenvalue weighted by atomic mass is 32.1. The van der Waals surface area contributed by atoms with E-state index in [2.05, 4.69) is 22.9 Å². The number of rotatable bonds is 10. The Bertz CT molecular complexity index is 1840. The van der Waals surface area contributed by atoms with E-state index in [1.54, 1.807) is 12.1 Å². The van der Waals surface area contributed by atoms with E-state index in [0.717, 1.165) is 0 Å². The number of hydrogen-bond donors (Lipinski definition) is 9. The topological polar surface area (TPSA) is 277 Å². The minimum Gasteiger partial charge on any atom is -0.504 e. The summed E-state index contributed by atoms with van der Waals surface area (Å²) in [4.78, 5) is 24.3. The molecule has 3 aromatic carbocycles. The Morgan fingerprint density at radius 3 is 1.19 bits per heavy atom. The predicted molar refractivity (Wildman–Crippen MR) is 178 cm³/mol. The Balaban J connectivity index is 0.000000444. The molecule has 48 heavy (non-hydrogen) atoms. The van der Waals surface area contributed by atoms with E-state index >= 15 is 0 Å². The quantitative estimate of drug-likeness (QED) is 0.0495. The summed E-state index contributed by atoms with van der Waals surface area (Å²) in [5.41, 5.74) is 6.25. The molecule has 0 aliphatic heterocycles. The number of benzene rings is 3. The summed E-state index contributed by atoms with van der Waals surface area (Å²) in [7, 11) is 0. The number of phenols is 6. The fourth-order valence-electron chi connectivity index (χ4n) is 3.53. The van der Waals surface area contributed by atoms with Gasteiger partial charge in [-0.2, -0.15) is 15.8 Å². The van der Waals surface area contributed by atoms with Crippen LogP contribution in [0.2, 0.25) is 0 Å². The van der Waals surface area contributed by atoms with Gasteiger partial charge in [0.05, 0.1) is 5.57 Å². The van der Waals surface area contributed by atoms with E-state index in [4.69, 9.17) is 16.1 Å². The first-order valence-corrected chi connectivity index (χ1v) is 14.0. The highest BCUT2D eigenvalue weighted by Crippen LogP contribution is 2.27. The summed E-state index contributed by atoms with van der Waals surface area (Å²) in [6.07, 6.45) is 4.25. The standard InChI is InChI=1S/C23H20N4O6.C10H8N2O2S/c24-12-16(8-14-2-4-18(28)20(30)10-14)22(32)26-6-1-7-27-23(33)17(13-25)9-15-3-5-19(29)21(31)11-15;11-5-7(10(12)15)3-6-1-2-8(13)9(14)4-6/h2-5,8-11,28-31H,1,6-7H2,(H,26,32)(H,27,33);1-4,13-14H,(H2,12,15)/b16-8+,17-9+;7-3+. The number of carbonyl (C=O) groups excluding carboxylic acids is 2. The van der Waals surface area contributed by atoms with Crippen molar-refractivity contribution in [2.45, 2.75) is 6.42 Å². The van der Waals surface area contributed by atoms with Gasteiger partial charge in [-0.3, -0.25) is 9.59 Å². The van der Waals surface area contributed by atoms with Gasteiger partial charge in [0.15, 0.2) is 34.5 Å². The maximum atomic E-state index is 12.1. The zero-order chi connectivity index (χ0) is 35.8. The second kappa shape index (κ2) is 18.1. The van der Waals surface area contributed by atoms with Gasteiger partial charge < -0.3 is 47.0 Å². The smallest absolute Gasteiger partial charge is 0.261 e. The number of thiocarbonyl (C=S) groups is 1. The fourth-order valence-corrected chi connectivity index (χ4v) is 3.63. The average Bonchev–Trinajstić information content (AvgIpc) is 3.05. The molecular weight excluding hydrogens is 640 g/mol. The van der Waals surface area contributed by atoms with Crippen LogP contribution >= 0.6 is 12.2 Å². The molecule has 244 valence electrons. The molecule has 0 radical (unpaired) electrons. The van der Waals surface area contributed by atoms with Gasteiger partial charge in [0, 0.05) is 13.1 Å². The number of hydrogen-bond acceptors (Lipinski definition) is 12. The van der Waals surface area contributed by atoms with Gasteiger partial charge in [0.2, 0.25) is 0 Å². The molecule has 0 saturated heterocycles. The van der Waals surface area contributed by atoms with E-state index in [1.165, 1.54) is 72.8 Å². The Morgan fingerprint density at radius 1 is 0.604 bits per heavy atom. The first-order chi connectivity index (χ1) is 22.8. The summed E-state index contributed by atoms with van der Waals surface area (Å²) >= 11 is 4.65. The molecule has 0 aromatic heterocycles. The zero-order valence-electron chi connectivity index (χ0n) is 24.9. The van der Waals surface area contributed by atoms with Crippen LogP contribution in [0.25, 0.3) is 18.2 Å². The van der Waals surface area contributed by atoms with Crippen molar-refractivity contribution in [2.75, 3.05) is 13.1 Å². The number of nitriles is 3. The zero-order valence-corrected chi connectivity index (χ0v) is 25.7. The second-order valence-electron chi connectivity index (χ2n) is 9.48. The third-order valence-corrected chi connectivity index (χ3v) is 6.19. The molecule has 0 spiro atoms. The average molecular weight is 669 g/mol. The third-order valence-electron chi connectivity index (χ3n) is 5.97. The van der Waals surface area contributed by atoms with Crippen LogP contribution in [0.3, 0.4) is 0 Å². The van der Waals surface area contributed by atoms with Crippen molar-refractivity contribution in [1.29, 1.82) is 15.8 Å². The number of phenolic OH excluding ortho intramolecular Hbond substituents is 6. The molecule has 2 amide bonds. The number of amides is 2. The van der Waals surface area contributed by atoms with Crippen LogP contribution in [0.5, 0.6) is 34.5 Å². The molecule has 3 aromatic rings. The van der Waals surface area contributed by atoms with Crippen LogP contribution in [0, 0.1) is 34.0 Å². The van der Waals surface area contributed by atoms with Gasteiger partial charge in [0.25, 0.3) is 11.8 Å². The molecule has 0 fully saturated rings. The number of nitrogens with zero attached hydrogens (tertiary/aromatic N) is 3. The minimum atomic E-state index is -0.652. The van der Waals surface area contributed by atoms with E-state index in [-0.39, 0.29) is 69.3 Å².